The van der Waals surface area contributed by atoms with Gasteiger partial charge in [-0.05, 0) is 12.8 Å². The van der Waals surface area contributed by atoms with Crippen molar-refractivity contribution in [2.75, 3.05) is 7.05 Å². The predicted octanol–water partition coefficient (Wildman–Crippen LogP) is 0.681. The maximum absolute atomic E-state index is 11.4. The van der Waals surface area contributed by atoms with E-state index in [0.717, 1.165) is 19.0 Å². The molecule has 1 fully saturated rings. The molecule has 6 nitrogen and oxygen atoms in total. The van der Waals surface area contributed by atoms with E-state index in [9.17, 15) is 9.59 Å². The van der Waals surface area contributed by atoms with E-state index in [-0.39, 0.29) is 29.0 Å². The molecule has 2 rings (SSSR count). The first-order valence-electron chi connectivity index (χ1n) is 5.24. The molecule has 1 heterocycles. The molecule has 0 atom stereocenters. The van der Waals surface area contributed by atoms with E-state index in [1.54, 1.807) is 0 Å². The Morgan fingerprint density at radius 1 is 1.53 bits per heavy atom. The van der Waals surface area contributed by atoms with Crippen molar-refractivity contribution < 1.29 is 19.4 Å². The number of carboxylic acid groups (broad SMARTS) is 1. The number of aromatic nitrogens is 1. The number of hydrogen-bond donors (Lipinski definition) is 2. The first kappa shape index (κ1) is 11.4. The average Bonchev–Trinajstić information content (AvgIpc) is 3.11. The third-order valence-corrected chi connectivity index (χ3v) is 2.37. The van der Waals surface area contributed by atoms with Gasteiger partial charge in [-0.1, -0.05) is 0 Å². The first-order valence-corrected chi connectivity index (χ1v) is 5.24. The van der Waals surface area contributed by atoms with E-state index in [0.29, 0.717) is 0 Å². The van der Waals surface area contributed by atoms with E-state index in [1.807, 2.05) is 0 Å². The predicted molar refractivity (Wildman–Crippen MR) is 58.2 cm³/mol. The second kappa shape index (κ2) is 4.40. The number of carbonyl (C=O) groups excluding carboxylic acids is 1. The highest BCUT2D eigenvalue weighted by molar-refractivity contribution is 5.95. The first-order chi connectivity index (χ1) is 8.11. The number of rotatable bonds is 4. The molecule has 90 valence electrons. The topological polar surface area (TPSA) is 88.5 Å². The number of nitrogens with one attached hydrogen (secondary N) is 1. The Labute approximate surface area is 97.6 Å². The maximum atomic E-state index is 11.4. The van der Waals surface area contributed by atoms with Crippen molar-refractivity contribution in [2.45, 2.75) is 18.9 Å². The minimum Gasteiger partial charge on any atom is -0.489 e. The van der Waals surface area contributed by atoms with Gasteiger partial charge in [0.05, 0.1) is 6.10 Å². The summed E-state index contributed by atoms with van der Waals surface area (Å²) in [5.41, 5.74) is 0.123. The monoisotopic (exact) mass is 236 g/mol. The zero-order valence-corrected chi connectivity index (χ0v) is 9.27. The summed E-state index contributed by atoms with van der Waals surface area (Å²) in [4.78, 5) is 26.1. The molecule has 0 aliphatic heterocycles. The Kier molecular flexibility index (Phi) is 2.95. The van der Waals surface area contributed by atoms with Gasteiger partial charge in [0.2, 0.25) is 0 Å². The molecule has 1 aliphatic carbocycles. The molecule has 0 aromatic carbocycles. The number of pyridine rings is 1. The van der Waals surface area contributed by atoms with E-state index >= 15 is 0 Å². The summed E-state index contributed by atoms with van der Waals surface area (Å²) in [6, 6.07) is 1.36. The van der Waals surface area contributed by atoms with Crippen LogP contribution in [0, 0.1) is 0 Å². The molecule has 1 aliphatic rings. The van der Waals surface area contributed by atoms with E-state index in [2.05, 4.69) is 10.3 Å². The number of amides is 1. The highest BCUT2D eigenvalue weighted by atomic mass is 16.5. The lowest BCUT2D eigenvalue weighted by Gasteiger charge is -2.09. The number of hydrogen-bond acceptors (Lipinski definition) is 4. The third-order valence-electron chi connectivity index (χ3n) is 2.37. The Bertz CT molecular complexity index is 469. The van der Waals surface area contributed by atoms with Crippen LogP contribution < -0.4 is 10.1 Å². The fourth-order valence-corrected chi connectivity index (χ4v) is 1.31. The Balaban J connectivity index is 2.34. The van der Waals surface area contributed by atoms with Crippen LogP contribution in [0.2, 0.25) is 0 Å². The molecule has 1 amide bonds. The second-order valence-electron chi connectivity index (χ2n) is 3.77. The zero-order chi connectivity index (χ0) is 12.4. The molecule has 0 saturated heterocycles. The quantitative estimate of drug-likeness (QED) is 0.802. The van der Waals surface area contributed by atoms with Crippen molar-refractivity contribution in [3.05, 3.63) is 23.5 Å². The van der Waals surface area contributed by atoms with Gasteiger partial charge in [0.25, 0.3) is 5.91 Å². The highest BCUT2D eigenvalue weighted by Crippen LogP contribution is 2.29. The van der Waals surface area contributed by atoms with Gasteiger partial charge in [-0.3, -0.25) is 4.79 Å². The standard InChI is InChI=1S/C11H12N2O4/c1-12-10(14)8-4-9(17-6-2-3-6)7(5-13-8)11(15)16/h4-6H,2-3H2,1H3,(H,12,14)(H,15,16). The molecule has 1 aromatic rings. The summed E-state index contributed by atoms with van der Waals surface area (Å²) >= 11 is 0. The summed E-state index contributed by atoms with van der Waals surface area (Å²) < 4.78 is 5.45. The Morgan fingerprint density at radius 2 is 2.24 bits per heavy atom. The lowest BCUT2D eigenvalue weighted by Crippen LogP contribution is -2.20. The van der Waals surface area contributed by atoms with Crippen molar-refractivity contribution in [1.29, 1.82) is 0 Å². The van der Waals surface area contributed by atoms with Crippen LogP contribution in [0.3, 0.4) is 0 Å². The summed E-state index contributed by atoms with van der Waals surface area (Å²) in [5.74, 6) is -1.28. The Morgan fingerprint density at radius 3 is 2.76 bits per heavy atom. The molecule has 0 unspecified atom stereocenters. The normalized spacial score (nSPS) is 14.2. The van der Waals surface area contributed by atoms with Gasteiger partial charge in [-0.15, -0.1) is 0 Å². The van der Waals surface area contributed by atoms with Gasteiger partial charge in [0.15, 0.2) is 0 Å². The lowest BCUT2D eigenvalue weighted by molar-refractivity contribution is 0.0690. The summed E-state index contributed by atoms with van der Waals surface area (Å²) in [6.07, 6.45) is 3.03. The van der Waals surface area contributed by atoms with Gasteiger partial charge in [0, 0.05) is 19.3 Å². The third kappa shape index (κ3) is 2.52. The van der Waals surface area contributed by atoms with Crippen LogP contribution >= 0.6 is 0 Å². The number of aromatic carboxylic acids is 1. The molecule has 1 saturated carbocycles. The van der Waals surface area contributed by atoms with Gasteiger partial charge < -0.3 is 15.2 Å². The number of carboxylic acids is 1. The van der Waals surface area contributed by atoms with Crippen LogP contribution in [0.1, 0.15) is 33.7 Å². The van der Waals surface area contributed by atoms with Gasteiger partial charge in [0.1, 0.15) is 17.0 Å². The van der Waals surface area contributed by atoms with E-state index < -0.39 is 5.97 Å². The van der Waals surface area contributed by atoms with Crippen molar-refractivity contribution in [2.24, 2.45) is 0 Å². The second-order valence-corrected chi connectivity index (χ2v) is 3.77. The van der Waals surface area contributed by atoms with Crippen LogP contribution in [0.15, 0.2) is 12.3 Å². The Hall–Kier alpha value is -2.11. The minimum absolute atomic E-state index is 0.0236. The van der Waals surface area contributed by atoms with Crippen LogP contribution in [0.25, 0.3) is 0 Å². The number of nitrogens with zero attached hydrogens (tertiary/aromatic N) is 1. The van der Waals surface area contributed by atoms with Gasteiger partial charge in [-0.25, -0.2) is 9.78 Å². The smallest absolute Gasteiger partial charge is 0.341 e. The van der Waals surface area contributed by atoms with Gasteiger partial charge >= 0.3 is 5.97 Å². The van der Waals surface area contributed by atoms with Gasteiger partial charge in [-0.2, -0.15) is 0 Å². The lowest BCUT2D eigenvalue weighted by atomic mass is 10.2. The summed E-state index contributed by atoms with van der Waals surface area (Å²) in [5, 5.41) is 11.4. The van der Waals surface area contributed by atoms with E-state index in [4.69, 9.17) is 9.84 Å². The number of carbonyl (C=O) groups is 2. The summed E-state index contributed by atoms with van der Waals surface area (Å²) in [6.45, 7) is 0. The molecule has 0 spiro atoms. The van der Waals surface area contributed by atoms with Crippen molar-refractivity contribution >= 4 is 11.9 Å². The molecular weight excluding hydrogens is 224 g/mol. The molecule has 17 heavy (non-hydrogen) atoms. The minimum atomic E-state index is -1.11. The van der Waals surface area contributed by atoms with Crippen LogP contribution in [-0.2, 0) is 0 Å². The largest absolute Gasteiger partial charge is 0.489 e. The van der Waals surface area contributed by atoms with Crippen molar-refractivity contribution in [3.8, 4) is 5.75 Å². The zero-order valence-electron chi connectivity index (χ0n) is 9.27. The molecule has 1 aromatic heterocycles. The van der Waals surface area contributed by atoms with E-state index in [1.165, 1.54) is 13.1 Å². The highest BCUT2D eigenvalue weighted by Gasteiger charge is 2.26. The molecule has 0 bridgehead atoms. The fourth-order valence-electron chi connectivity index (χ4n) is 1.31. The molecule has 0 radical (unpaired) electrons. The number of ether oxygens (including phenoxy) is 1. The maximum Gasteiger partial charge on any atom is 0.341 e. The fraction of sp³-hybridized carbons (Fsp3) is 0.364. The van der Waals surface area contributed by atoms with Crippen LogP contribution in [0.5, 0.6) is 5.75 Å². The van der Waals surface area contributed by atoms with Crippen molar-refractivity contribution in [1.82, 2.24) is 10.3 Å². The molecule has 2 N–H and O–H groups in total. The molecule has 6 heteroatoms. The summed E-state index contributed by atoms with van der Waals surface area (Å²) in [7, 11) is 1.48. The van der Waals surface area contributed by atoms with Crippen molar-refractivity contribution in [3.63, 3.8) is 0 Å². The average molecular weight is 236 g/mol. The molecular formula is C11H12N2O4. The van der Waals surface area contributed by atoms with Crippen LogP contribution in [-0.4, -0.2) is 35.1 Å². The SMILES string of the molecule is CNC(=O)c1cc(OC2CC2)c(C(=O)O)cn1. The van der Waals surface area contributed by atoms with Crippen LogP contribution in [0.4, 0.5) is 0 Å².